The molecular formula is C18H16F3NO3. The number of benzene rings is 2. The first-order valence-corrected chi connectivity index (χ1v) is 7.42. The van der Waals surface area contributed by atoms with Gasteiger partial charge in [-0.15, -0.1) is 0 Å². The third-order valence-corrected chi connectivity index (χ3v) is 3.39. The van der Waals surface area contributed by atoms with Crippen LogP contribution in [0.1, 0.15) is 28.4 Å². The molecule has 2 rings (SSSR count). The highest BCUT2D eigenvalue weighted by atomic mass is 19.4. The molecule has 0 aliphatic carbocycles. The van der Waals surface area contributed by atoms with Crippen molar-refractivity contribution < 1.29 is 27.5 Å². The maximum Gasteiger partial charge on any atom is 0.416 e. The largest absolute Gasteiger partial charge is 0.449 e. The highest BCUT2D eigenvalue weighted by molar-refractivity contribution is 5.97. The van der Waals surface area contributed by atoms with Crippen molar-refractivity contribution in [2.75, 3.05) is 5.32 Å². The van der Waals surface area contributed by atoms with E-state index in [-0.39, 0.29) is 5.69 Å². The summed E-state index contributed by atoms with van der Waals surface area (Å²) < 4.78 is 42.6. The number of aryl methyl sites for hydroxylation is 1. The Balaban J connectivity index is 1.97. The molecule has 25 heavy (non-hydrogen) atoms. The zero-order valence-electron chi connectivity index (χ0n) is 13.6. The highest BCUT2D eigenvalue weighted by Crippen LogP contribution is 2.29. The number of ether oxygens (including phenoxy) is 1. The number of nitrogens with one attached hydrogen (secondary N) is 1. The van der Waals surface area contributed by atoms with Gasteiger partial charge >= 0.3 is 12.1 Å². The third-order valence-electron chi connectivity index (χ3n) is 3.39. The maximum absolute atomic E-state index is 12.5. The average molecular weight is 351 g/mol. The van der Waals surface area contributed by atoms with Crippen molar-refractivity contribution in [3.05, 3.63) is 65.2 Å². The van der Waals surface area contributed by atoms with Crippen LogP contribution in [0.5, 0.6) is 0 Å². The molecule has 7 heteroatoms. The van der Waals surface area contributed by atoms with E-state index in [4.69, 9.17) is 4.74 Å². The number of carbonyl (C=O) groups is 2. The summed E-state index contributed by atoms with van der Waals surface area (Å²) in [6.45, 7) is 3.20. The molecule has 0 bridgehead atoms. The summed E-state index contributed by atoms with van der Waals surface area (Å²) >= 11 is 0. The van der Waals surface area contributed by atoms with Gasteiger partial charge in [-0.3, -0.25) is 4.79 Å². The fourth-order valence-electron chi connectivity index (χ4n) is 2.04. The van der Waals surface area contributed by atoms with Crippen LogP contribution in [-0.2, 0) is 15.7 Å². The number of anilines is 1. The number of hydrogen-bond acceptors (Lipinski definition) is 3. The summed E-state index contributed by atoms with van der Waals surface area (Å²) in [5, 5.41) is 2.41. The minimum absolute atomic E-state index is 0.177. The average Bonchev–Trinajstić information content (AvgIpc) is 2.54. The first kappa shape index (κ1) is 18.5. The lowest BCUT2D eigenvalue weighted by Crippen LogP contribution is -2.30. The fraction of sp³-hybridized carbons (Fsp3) is 0.222. The lowest BCUT2D eigenvalue weighted by atomic mass is 10.1. The number of esters is 1. The summed E-state index contributed by atoms with van der Waals surface area (Å²) in [5.74, 6) is -1.29. The van der Waals surface area contributed by atoms with Crippen molar-refractivity contribution in [1.29, 1.82) is 0 Å². The highest BCUT2D eigenvalue weighted by Gasteiger charge is 2.30. The Bertz CT molecular complexity index is 770. The van der Waals surface area contributed by atoms with E-state index in [1.54, 1.807) is 18.2 Å². The van der Waals surface area contributed by atoms with Crippen LogP contribution in [0, 0.1) is 6.92 Å². The zero-order valence-corrected chi connectivity index (χ0v) is 13.6. The van der Waals surface area contributed by atoms with Gasteiger partial charge in [0.1, 0.15) is 0 Å². The van der Waals surface area contributed by atoms with Crippen LogP contribution in [0.2, 0.25) is 0 Å². The minimum Gasteiger partial charge on any atom is -0.449 e. The number of hydrogen-bond donors (Lipinski definition) is 1. The van der Waals surface area contributed by atoms with E-state index in [2.05, 4.69) is 5.32 Å². The molecule has 4 nitrogen and oxygen atoms in total. The number of alkyl halides is 3. The summed E-state index contributed by atoms with van der Waals surface area (Å²) in [6, 6.07) is 10.7. The summed E-state index contributed by atoms with van der Waals surface area (Å²) in [7, 11) is 0. The third kappa shape index (κ3) is 5.07. The zero-order chi connectivity index (χ0) is 18.6. The number of rotatable bonds is 4. The Morgan fingerprint density at radius 3 is 2.28 bits per heavy atom. The second-order valence-corrected chi connectivity index (χ2v) is 5.48. The lowest BCUT2D eigenvalue weighted by molar-refractivity contribution is -0.137. The van der Waals surface area contributed by atoms with Gasteiger partial charge in [-0.05, 0) is 50.2 Å². The summed E-state index contributed by atoms with van der Waals surface area (Å²) in [4.78, 5) is 24.0. The molecule has 0 spiro atoms. The van der Waals surface area contributed by atoms with Gasteiger partial charge in [0.25, 0.3) is 5.91 Å². The molecule has 2 aromatic carbocycles. The van der Waals surface area contributed by atoms with Gasteiger partial charge in [0.2, 0.25) is 0 Å². The molecule has 0 heterocycles. The van der Waals surface area contributed by atoms with Crippen LogP contribution in [0.15, 0.2) is 48.5 Å². The Hall–Kier alpha value is -2.83. The van der Waals surface area contributed by atoms with Crippen molar-refractivity contribution in [2.24, 2.45) is 0 Å². The second kappa shape index (κ2) is 7.38. The summed E-state index contributed by atoms with van der Waals surface area (Å²) in [6.07, 6.45) is -5.55. The van der Waals surface area contributed by atoms with Crippen molar-refractivity contribution in [1.82, 2.24) is 0 Å². The van der Waals surface area contributed by atoms with Crippen LogP contribution >= 0.6 is 0 Å². The normalized spacial score (nSPS) is 12.4. The monoisotopic (exact) mass is 351 g/mol. The van der Waals surface area contributed by atoms with E-state index in [0.29, 0.717) is 5.56 Å². The van der Waals surface area contributed by atoms with Crippen molar-refractivity contribution in [3.8, 4) is 0 Å². The number of carbonyl (C=O) groups excluding carboxylic acids is 2. The molecule has 0 fully saturated rings. The Kier molecular flexibility index (Phi) is 5.46. The fourth-order valence-corrected chi connectivity index (χ4v) is 2.04. The maximum atomic E-state index is 12.5. The molecule has 0 unspecified atom stereocenters. The minimum atomic E-state index is -4.45. The molecular weight excluding hydrogens is 335 g/mol. The Labute approximate surface area is 142 Å². The van der Waals surface area contributed by atoms with Crippen LogP contribution in [0.25, 0.3) is 0 Å². The molecule has 0 aliphatic rings. The Morgan fingerprint density at radius 1 is 1.08 bits per heavy atom. The van der Waals surface area contributed by atoms with E-state index >= 15 is 0 Å². The standard InChI is InChI=1S/C18H16F3NO3/c1-11-4-3-5-13(10-11)17(24)25-12(2)16(23)22-15-8-6-14(7-9-15)18(19,20)21/h3-10,12H,1-2H3,(H,22,23)/t12-/m1/s1. The van der Waals surface area contributed by atoms with Crippen LogP contribution in [-0.4, -0.2) is 18.0 Å². The molecule has 0 saturated heterocycles. The second-order valence-electron chi connectivity index (χ2n) is 5.48. The smallest absolute Gasteiger partial charge is 0.416 e. The van der Waals surface area contributed by atoms with Gasteiger partial charge < -0.3 is 10.1 Å². The molecule has 0 radical (unpaired) electrons. The van der Waals surface area contributed by atoms with Gasteiger partial charge in [-0.25, -0.2) is 4.79 Å². The van der Waals surface area contributed by atoms with Gasteiger partial charge in [-0.1, -0.05) is 17.7 Å². The van der Waals surface area contributed by atoms with Crippen LogP contribution < -0.4 is 5.32 Å². The Morgan fingerprint density at radius 2 is 1.72 bits per heavy atom. The van der Waals surface area contributed by atoms with E-state index in [0.717, 1.165) is 29.8 Å². The summed E-state index contributed by atoms with van der Waals surface area (Å²) in [5.41, 5.74) is 0.548. The molecule has 0 aliphatic heterocycles. The predicted octanol–water partition coefficient (Wildman–Crippen LogP) is 4.20. The van der Waals surface area contributed by atoms with Crippen LogP contribution in [0.4, 0.5) is 18.9 Å². The van der Waals surface area contributed by atoms with E-state index < -0.39 is 29.7 Å². The van der Waals surface area contributed by atoms with E-state index in [1.165, 1.54) is 6.92 Å². The van der Waals surface area contributed by atoms with E-state index in [9.17, 15) is 22.8 Å². The number of amides is 1. The van der Waals surface area contributed by atoms with Gasteiger partial charge in [-0.2, -0.15) is 13.2 Å². The molecule has 2 aromatic rings. The van der Waals surface area contributed by atoms with Gasteiger partial charge in [0.15, 0.2) is 6.10 Å². The topological polar surface area (TPSA) is 55.4 Å². The lowest BCUT2D eigenvalue weighted by Gasteiger charge is -2.14. The SMILES string of the molecule is Cc1cccc(C(=O)O[C@H](C)C(=O)Nc2ccc(C(F)(F)F)cc2)c1. The first-order valence-electron chi connectivity index (χ1n) is 7.42. The molecule has 0 saturated carbocycles. The van der Waals surface area contributed by atoms with Crippen LogP contribution in [0.3, 0.4) is 0 Å². The molecule has 132 valence electrons. The van der Waals surface area contributed by atoms with Crippen molar-refractivity contribution >= 4 is 17.6 Å². The first-order chi connectivity index (χ1) is 11.7. The molecule has 1 atom stereocenters. The van der Waals surface area contributed by atoms with Crippen molar-refractivity contribution in [3.63, 3.8) is 0 Å². The van der Waals surface area contributed by atoms with E-state index in [1.807, 2.05) is 13.0 Å². The molecule has 1 N–H and O–H groups in total. The van der Waals surface area contributed by atoms with Crippen molar-refractivity contribution in [2.45, 2.75) is 26.1 Å². The number of halogens is 3. The predicted molar refractivity (Wildman–Crippen MR) is 86.1 cm³/mol. The van der Waals surface area contributed by atoms with Gasteiger partial charge in [0.05, 0.1) is 11.1 Å². The molecule has 0 aromatic heterocycles. The quantitative estimate of drug-likeness (QED) is 0.840. The molecule has 1 amide bonds. The van der Waals surface area contributed by atoms with Gasteiger partial charge in [0, 0.05) is 5.69 Å².